The van der Waals surface area contributed by atoms with Gasteiger partial charge >= 0.3 is 0 Å². The van der Waals surface area contributed by atoms with Crippen LogP contribution < -0.4 is 5.32 Å². The van der Waals surface area contributed by atoms with Gasteiger partial charge in [-0.1, -0.05) is 6.07 Å². The van der Waals surface area contributed by atoms with Gasteiger partial charge in [-0.25, -0.2) is 4.39 Å². The van der Waals surface area contributed by atoms with E-state index in [2.05, 4.69) is 5.32 Å². The molecule has 0 bridgehead atoms. The lowest BCUT2D eigenvalue weighted by molar-refractivity contribution is 0.559. The second-order valence-corrected chi connectivity index (χ2v) is 4.22. The average Bonchev–Trinajstić information content (AvgIpc) is 2.69. The fourth-order valence-corrected chi connectivity index (χ4v) is 2.18. The van der Waals surface area contributed by atoms with Crippen LogP contribution in [0.5, 0.6) is 0 Å². The summed E-state index contributed by atoms with van der Waals surface area (Å²) in [6.07, 6.45) is 1.54. The summed E-state index contributed by atoms with van der Waals surface area (Å²) in [5, 5.41) is 3.51. The Morgan fingerprint density at radius 1 is 1.29 bits per heavy atom. The first kappa shape index (κ1) is 12.1. The summed E-state index contributed by atoms with van der Waals surface area (Å²) in [6.45, 7) is 1.87. The second-order valence-electron chi connectivity index (χ2n) is 3.87. The monoisotopic (exact) mass is 253 g/mol. The van der Waals surface area contributed by atoms with E-state index in [9.17, 15) is 4.39 Å². The summed E-state index contributed by atoms with van der Waals surface area (Å²) >= 11 is 5.97. The van der Waals surface area contributed by atoms with Crippen LogP contribution in [0, 0.1) is 12.7 Å². The summed E-state index contributed by atoms with van der Waals surface area (Å²) in [6, 6.07) is 6.43. The summed E-state index contributed by atoms with van der Waals surface area (Å²) < 4.78 is 18.2. The van der Waals surface area contributed by atoms with Gasteiger partial charge < -0.3 is 9.73 Å². The van der Waals surface area contributed by atoms with Crippen LogP contribution >= 0.6 is 11.6 Å². The molecule has 90 valence electrons. The Kier molecular flexibility index (Phi) is 3.50. The van der Waals surface area contributed by atoms with Gasteiger partial charge in [0, 0.05) is 5.56 Å². The van der Waals surface area contributed by atoms with Crippen LogP contribution in [0.15, 0.2) is 34.9 Å². The van der Waals surface area contributed by atoms with Gasteiger partial charge in [-0.3, -0.25) is 0 Å². The van der Waals surface area contributed by atoms with Gasteiger partial charge in [0.2, 0.25) is 0 Å². The van der Waals surface area contributed by atoms with E-state index in [0.29, 0.717) is 5.22 Å². The van der Waals surface area contributed by atoms with Crippen molar-refractivity contribution in [2.24, 2.45) is 0 Å². The Morgan fingerprint density at radius 2 is 2.06 bits per heavy atom. The molecule has 0 fully saturated rings. The summed E-state index contributed by atoms with van der Waals surface area (Å²) in [5.74, 6) is -0.237. The molecule has 1 heterocycles. The molecule has 1 unspecified atom stereocenters. The van der Waals surface area contributed by atoms with Crippen molar-refractivity contribution in [1.29, 1.82) is 0 Å². The SMILES string of the molecule is CNC(c1ccc(F)cc1C)c1ccoc1Cl. The van der Waals surface area contributed by atoms with Crippen molar-refractivity contribution in [1.82, 2.24) is 5.32 Å². The maximum atomic E-state index is 13.1. The number of furan rings is 1. The lowest BCUT2D eigenvalue weighted by Gasteiger charge is -2.18. The van der Waals surface area contributed by atoms with Gasteiger partial charge in [-0.2, -0.15) is 0 Å². The molecule has 0 aliphatic heterocycles. The molecule has 0 aliphatic carbocycles. The smallest absolute Gasteiger partial charge is 0.198 e. The minimum atomic E-state index is -0.237. The summed E-state index contributed by atoms with van der Waals surface area (Å²) in [4.78, 5) is 0. The Balaban J connectivity index is 2.46. The number of halogens is 2. The molecule has 2 aromatic rings. The molecule has 0 radical (unpaired) electrons. The molecular weight excluding hydrogens is 241 g/mol. The minimum Gasteiger partial charge on any atom is -0.453 e. The third kappa shape index (κ3) is 2.35. The molecule has 0 spiro atoms. The molecule has 1 aromatic heterocycles. The number of nitrogens with one attached hydrogen (secondary N) is 1. The largest absolute Gasteiger partial charge is 0.453 e. The molecule has 0 aliphatic rings. The van der Waals surface area contributed by atoms with E-state index in [1.54, 1.807) is 12.3 Å². The van der Waals surface area contributed by atoms with Crippen molar-refractivity contribution in [3.05, 3.63) is 58.3 Å². The molecule has 2 rings (SSSR count). The highest BCUT2D eigenvalue weighted by atomic mass is 35.5. The Hall–Kier alpha value is -1.32. The zero-order chi connectivity index (χ0) is 12.4. The maximum Gasteiger partial charge on any atom is 0.198 e. The van der Waals surface area contributed by atoms with E-state index in [1.165, 1.54) is 12.1 Å². The molecule has 4 heteroatoms. The second kappa shape index (κ2) is 4.90. The molecule has 17 heavy (non-hydrogen) atoms. The van der Waals surface area contributed by atoms with Crippen LogP contribution in [0.1, 0.15) is 22.7 Å². The van der Waals surface area contributed by atoms with Crippen LogP contribution in [-0.2, 0) is 0 Å². The topological polar surface area (TPSA) is 25.2 Å². The molecule has 1 aromatic carbocycles. The number of aryl methyl sites for hydroxylation is 1. The van der Waals surface area contributed by atoms with Gasteiger partial charge in [-0.05, 0) is 54.9 Å². The van der Waals surface area contributed by atoms with Crippen molar-refractivity contribution in [3.8, 4) is 0 Å². The molecule has 2 nitrogen and oxygen atoms in total. The van der Waals surface area contributed by atoms with Gasteiger partial charge in [0.25, 0.3) is 0 Å². The van der Waals surface area contributed by atoms with Crippen LogP contribution in [0.3, 0.4) is 0 Å². The summed E-state index contributed by atoms with van der Waals surface area (Å²) in [7, 11) is 1.83. The predicted octanol–water partition coefficient (Wildman–Crippen LogP) is 3.69. The number of hydrogen-bond donors (Lipinski definition) is 1. The fourth-order valence-electron chi connectivity index (χ4n) is 1.95. The van der Waals surface area contributed by atoms with Crippen LogP contribution in [0.25, 0.3) is 0 Å². The zero-order valence-corrected chi connectivity index (χ0v) is 10.4. The van der Waals surface area contributed by atoms with Crippen LogP contribution in [0.2, 0.25) is 5.22 Å². The van der Waals surface area contributed by atoms with Gasteiger partial charge in [-0.15, -0.1) is 0 Å². The first-order chi connectivity index (χ1) is 8.13. The Labute approximate surface area is 104 Å². The third-order valence-corrected chi connectivity index (χ3v) is 3.10. The van der Waals surface area contributed by atoms with Gasteiger partial charge in [0.05, 0.1) is 12.3 Å². The van der Waals surface area contributed by atoms with Crippen molar-refractivity contribution >= 4 is 11.6 Å². The number of benzene rings is 1. The van der Waals surface area contributed by atoms with Crippen molar-refractivity contribution < 1.29 is 8.81 Å². The molecular formula is C13H13ClFNO. The first-order valence-corrected chi connectivity index (χ1v) is 5.67. The first-order valence-electron chi connectivity index (χ1n) is 5.29. The predicted molar refractivity (Wildman–Crippen MR) is 65.8 cm³/mol. The molecule has 0 saturated heterocycles. The molecule has 1 N–H and O–H groups in total. The van der Waals surface area contributed by atoms with E-state index in [1.807, 2.05) is 20.0 Å². The zero-order valence-electron chi connectivity index (χ0n) is 9.63. The van der Waals surface area contributed by atoms with E-state index in [4.69, 9.17) is 16.0 Å². The van der Waals surface area contributed by atoms with Crippen molar-refractivity contribution in [2.75, 3.05) is 7.05 Å². The molecule has 0 amide bonds. The van der Waals surface area contributed by atoms with Gasteiger partial charge in [0.15, 0.2) is 5.22 Å². The van der Waals surface area contributed by atoms with E-state index < -0.39 is 0 Å². The standard InChI is InChI=1S/C13H13ClFNO/c1-8-7-9(15)3-4-10(8)12(16-2)11-5-6-17-13(11)14/h3-7,12,16H,1-2H3. The minimum absolute atomic E-state index is 0.0955. The van der Waals surface area contributed by atoms with Crippen LogP contribution in [-0.4, -0.2) is 7.05 Å². The maximum absolute atomic E-state index is 13.1. The quantitative estimate of drug-likeness (QED) is 0.903. The fraction of sp³-hybridized carbons (Fsp3) is 0.231. The molecule has 0 saturated carbocycles. The lowest BCUT2D eigenvalue weighted by Crippen LogP contribution is -2.18. The number of hydrogen-bond acceptors (Lipinski definition) is 2. The van der Waals surface area contributed by atoms with Gasteiger partial charge in [0.1, 0.15) is 5.82 Å². The number of rotatable bonds is 3. The van der Waals surface area contributed by atoms with E-state index >= 15 is 0 Å². The van der Waals surface area contributed by atoms with E-state index in [-0.39, 0.29) is 11.9 Å². The Bertz CT molecular complexity index is 524. The highest BCUT2D eigenvalue weighted by molar-refractivity contribution is 6.29. The molecule has 1 atom stereocenters. The van der Waals surface area contributed by atoms with E-state index in [0.717, 1.165) is 16.7 Å². The van der Waals surface area contributed by atoms with Crippen molar-refractivity contribution in [3.63, 3.8) is 0 Å². The lowest BCUT2D eigenvalue weighted by atomic mass is 9.97. The Morgan fingerprint density at radius 3 is 2.59 bits per heavy atom. The highest BCUT2D eigenvalue weighted by Gasteiger charge is 2.19. The van der Waals surface area contributed by atoms with Crippen molar-refractivity contribution in [2.45, 2.75) is 13.0 Å². The third-order valence-electron chi connectivity index (χ3n) is 2.79. The summed E-state index contributed by atoms with van der Waals surface area (Å²) in [5.41, 5.74) is 2.71. The average molecular weight is 254 g/mol. The normalized spacial score (nSPS) is 12.7. The highest BCUT2D eigenvalue weighted by Crippen LogP contribution is 2.30. The van der Waals surface area contributed by atoms with Crippen LogP contribution in [0.4, 0.5) is 4.39 Å².